The fourth-order valence-electron chi connectivity index (χ4n) is 12.7. The summed E-state index contributed by atoms with van der Waals surface area (Å²) in [4.78, 5) is 53.1. The van der Waals surface area contributed by atoms with Crippen molar-refractivity contribution < 1.29 is 38.1 Å². The van der Waals surface area contributed by atoms with Crippen molar-refractivity contribution in [3.63, 3.8) is 0 Å². The largest absolute Gasteiger partial charge is 0.490 e. The van der Waals surface area contributed by atoms with Crippen LogP contribution in [-0.2, 0) is 25.7 Å². The Morgan fingerprint density at radius 2 is 0.368 bits per heavy atom. The van der Waals surface area contributed by atoms with Crippen LogP contribution in [0.25, 0.3) is 0 Å². The van der Waals surface area contributed by atoms with Gasteiger partial charge >= 0.3 is 0 Å². The van der Waals surface area contributed by atoms with Crippen LogP contribution in [0, 0.1) is 0 Å². The topological polar surface area (TPSA) is 118 Å². The molecule has 0 atom stereocenters. The van der Waals surface area contributed by atoms with E-state index in [2.05, 4.69) is 215 Å². The minimum atomic E-state index is -3.20. The first-order valence-electron chi connectivity index (χ1n) is 29.3. The van der Waals surface area contributed by atoms with Gasteiger partial charge in [-0.2, -0.15) is 0 Å². The van der Waals surface area contributed by atoms with Gasteiger partial charge in [-0.3, -0.25) is 0 Å². The third kappa shape index (κ3) is 12.7. The van der Waals surface area contributed by atoms with Crippen LogP contribution in [0.4, 0.5) is 0 Å². The van der Waals surface area contributed by atoms with Crippen molar-refractivity contribution in [2.45, 2.75) is 261 Å². The molecular formula is C64H104O8Si4. The van der Waals surface area contributed by atoms with Crippen LogP contribution >= 0.6 is 0 Å². The number of fused-ring (bicyclic) bond motifs is 8. The molecule has 0 aliphatic heterocycles. The van der Waals surface area contributed by atoms with Gasteiger partial charge in [-0.15, -0.1) is 0 Å². The molecule has 0 amide bonds. The summed E-state index contributed by atoms with van der Waals surface area (Å²) in [5.74, 6) is 3.09. The highest BCUT2D eigenvalue weighted by molar-refractivity contribution is 6.89. The van der Waals surface area contributed by atoms with Gasteiger partial charge in [0.05, 0.1) is 24.4 Å². The number of ether oxygens (including phenoxy) is 4. The quantitative estimate of drug-likeness (QED) is 0.0570. The van der Waals surface area contributed by atoms with Crippen LogP contribution in [-0.4, -0.2) is 76.9 Å². The lowest BCUT2D eigenvalue weighted by atomic mass is 9.91. The van der Waals surface area contributed by atoms with E-state index in [1.54, 1.807) is 0 Å². The summed E-state index contributed by atoms with van der Waals surface area (Å²) in [6.45, 7) is 51.2. The molecule has 0 spiro atoms. The van der Waals surface area contributed by atoms with Crippen LogP contribution in [0.1, 0.15) is 211 Å². The first kappa shape index (κ1) is 63.6. The maximum Gasteiger partial charge on any atom is 0.225 e. The molecule has 0 aromatic heterocycles. The summed E-state index contributed by atoms with van der Waals surface area (Å²) >= 11 is 0. The molecule has 424 valence electrons. The van der Waals surface area contributed by atoms with E-state index in [1.807, 2.05) is 0 Å². The van der Waals surface area contributed by atoms with Crippen molar-refractivity contribution in [2.24, 2.45) is 0 Å². The molecule has 1 aliphatic carbocycles. The zero-order chi connectivity index (χ0) is 57.5. The van der Waals surface area contributed by atoms with E-state index in [4.69, 9.17) is 18.9 Å². The van der Waals surface area contributed by atoms with Crippen molar-refractivity contribution in [3.8, 4) is 23.0 Å². The highest BCUT2D eigenvalue weighted by Gasteiger charge is 2.46. The predicted molar refractivity (Wildman–Crippen MR) is 331 cm³/mol. The zero-order valence-electron chi connectivity index (χ0n) is 51.8. The summed E-state index contributed by atoms with van der Waals surface area (Å²) in [6, 6.07) is 17.9. The van der Waals surface area contributed by atoms with Gasteiger partial charge in [0.15, 0.2) is 0 Å². The fourth-order valence-corrected chi connectivity index (χ4v) is 26.6. The van der Waals surface area contributed by atoms with Crippen LogP contribution < -0.4 is 39.7 Å². The lowest BCUT2D eigenvalue weighted by molar-refractivity contribution is 0.233. The predicted octanol–water partition coefficient (Wildman–Crippen LogP) is 13.4. The standard InChI is InChI=1S/C64H104O8Si4/c1-37(2)69-61-49-25-51-31-58(74(66,43(13)14)44(15)16)33-53(62(51)70-38(3)4)27-55-35-60(76(68,47(21)22)48(23)24)36-56(64(55)72-40(7)8)28-54-34-59(75(67,45(17)18)46(19)20)32-52(63(54)71-39(5)6)26-50(61)30-57(29-49)73(65,41(9)10)42(11)12/h29-48,65-68H,25-28H2,1-24H3. The van der Waals surface area contributed by atoms with Crippen molar-refractivity contribution in [1.82, 2.24) is 0 Å². The van der Waals surface area contributed by atoms with Gasteiger partial charge < -0.3 is 38.1 Å². The number of hydrogen-bond acceptors (Lipinski definition) is 8. The first-order valence-corrected chi connectivity index (χ1v) is 37.7. The summed E-state index contributed by atoms with van der Waals surface area (Å²) in [5.41, 5.74) is 7.70. The lowest BCUT2D eigenvalue weighted by Gasteiger charge is -2.37. The average Bonchev–Trinajstić information content (AvgIpc) is 3.29. The number of rotatable bonds is 20. The van der Waals surface area contributed by atoms with Crippen molar-refractivity contribution in [2.75, 3.05) is 0 Å². The third-order valence-corrected chi connectivity index (χ3v) is 35.7. The van der Waals surface area contributed by atoms with Gasteiger partial charge in [0.2, 0.25) is 33.3 Å². The van der Waals surface area contributed by atoms with Gasteiger partial charge in [0, 0.05) is 25.7 Å². The Bertz CT molecular complexity index is 2140. The van der Waals surface area contributed by atoms with Gasteiger partial charge in [0.1, 0.15) is 23.0 Å². The van der Waals surface area contributed by atoms with Gasteiger partial charge in [0.25, 0.3) is 0 Å². The van der Waals surface area contributed by atoms with Gasteiger partial charge in [-0.1, -0.05) is 159 Å². The minimum absolute atomic E-state index is 0.0110. The molecule has 0 saturated heterocycles. The lowest BCUT2D eigenvalue weighted by Crippen LogP contribution is -2.54. The average molecular weight is 1110 g/mol. The molecule has 0 fully saturated rings. The molecule has 0 radical (unpaired) electrons. The molecule has 4 aromatic rings. The second-order valence-electron chi connectivity index (χ2n) is 26.4. The Hall–Kier alpha value is -3.21. The van der Waals surface area contributed by atoms with Crippen LogP contribution in [0.15, 0.2) is 48.5 Å². The third-order valence-electron chi connectivity index (χ3n) is 16.8. The molecule has 8 bridgehead atoms. The Morgan fingerprint density at radius 1 is 0.250 bits per heavy atom. The second kappa shape index (κ2) is 24.7. The molecule has 1 aliphatic rings. The summed E-state index contributed by atoms with van der Waals surface area (Å²) < 4.78 is 28.6. The van der Waals surface area contributed by atoms with E-state index in [1.165, 1.54) is 0 Å². The summed E-state index contributed by atoms with van der Waals surface area (Å²) in [7, 11) is -12.8. The van der Waals surface area contributed by atoms with E-state index in [9.17, 15) is 19.2 Å². The minimum Gasteiger partial charge on any atom is -0.490 e. The van der Waals surface area contributed by atoms with E-state index < -0.39 is 33.3 Å². The Balaban J connectivity index is 2.22. The Labute approximate surface area is 466 Å². The van der Waals surface area contributed by atoms with Gasteiger partial charge in [-0.05, 0) is 165 Å². The molecule has 12 heteroatoms. The monoisotopic (exact) mass is 1110 g/mol. The zero-order valence-corrected chi connectivity index (χ0v) is 55.8. The highest BCUT2D eigenvalue weighted by atomic mass is 28.4. The fraction of sp³-hybridized carbons (Fsp3) is 0.625. The molecule has 4 aromatic carbocycles. The molecule has 4 N–H and O–H groups in total. The van der Waals surface area contributed by atoms with Crippen molar-refractivity contribution >= 4 is 54.0 Å². The highest BCUT2D eigenvalue weighted by Crippen LogP contribution is 2.44. The van der Waals surface area contributed by atoms with Crippen molar-refractivity contribution in [3.05, 3.63) is 93.0 Å². The molecule has 0 saturated carbocycles. The maximum absolute atomic E-state index is 13.3. The normalized spacial score (nSPS) is 14.2. The Kier molecular flexibility index (Phi) is 20.6. The molecule has 5 rings (SSSR count). The van der Waals surface area contributed by atoms with E-state index in [0.717, 1.165) is 88.3 Å². The van der Waals surface area contributed by atoms with Crippen LogP contribution in [0.5, 0.6) is 23.0 Å². The van der Waals surface area contributed by atoms with Crippen molar-refractivity contribution in [1.29, 1.82) is 0 Å². The molecular weight excluding hydrogens is 1010 g/mol. The molecule has 0 heterocycles. The molecule has 76 heavy (non-hydrogen) atoms. The number of hydrogen-bond donors (Lipinski definition) is 4. The summed E-state index contributed by atoms with van der Waals surface area (Å²) in [5, 5.41) is 3.84. The van der Waals surface area contributed by atoms with Gasteiger partial charge in [-0.25, -0.2) is 0 Å². The summed E-state index contributed by atoms with van der Waals surface area (Å²) in [6.07, 6.45) is 0.918. The smallest absolute Gasteiger partial charge is 0.225 e. The number of benzene rings is 4. The maximum atomic E-state index is 13.3. The second-order valence-corrected chi connectivity index (χ2v) is 44.6. The SMILES string of the molecule is CC(C)Oc1c2cc([Si](O)(C(C)C)C(C)C)cc1Cc1cc([Si](O)(C(C)C)C(C)C)cc(c1OC(C)C)Cc1cc([Si](O)(C(C)C)C(C)C)cc(c1OC(C)C)Cc1cc([Si](O)(C(C)C)C(C)C)cc(c1OC(C)C)C2. The van der Waals surface area contributed by atoms with E-state index in [0.29, 0.717) is 25.7 Å². The van der Waals surface area contributed by atoms with E-state index >= 15 is 0 Å². The van der Waals surface area contributed by atoms with Crippen LogP contribution in [0.3, 0.4) is 0 Å². The molecule has 8 nitrogen and oxygen atoms in total. The van der Waals surface area contributed by atoms with Crippen LogP contribution in [0.2, 0.25) is 44.3 Å². The Morgan fingerprint density at radius 3 is 0.461 bits per heavy atom. The molecule has 0 unspecified atom stereocenters. The van der Waals surface area contributed by atoms with E-state index in [-0.39, 0.29) is 68.7 Å². The first-order chi connectivity index (χ1) is 35.1.